The number of hydrogen-bond donors (Lipinski definition) is 0. The third-order valence-electron chi connectivity index (χ3n) is 5.59. The lowest BCUT2D eigenvalue weighted by Crippen LogP contribution is -2.27. The van der Waals surface area contributed by atoms with E-state index in [0.29, 0.717) is 152 Å². The molecule has 0 atom stereocenters. The van der Waals surface area contributed by atoms with Gasteiger partial charge in [0.2, 0.25) is 0 Å². The van der Waals surface area contributed by atoms with E-state index in [4.69, 9.17) is 56.5 Å². The van der Waals surface area contributed by atoms with Crippen LogP contribution in [0.5, 0.6) is 0 Å². The van der Waals surface area contributed by atoms with Crippen LogP contribution in [0.2, 0.25) is 19.6 Å². The van der Waals surface area contributed by atoms with Gasteiger partial charge in [0.15, 0.2) is 8.32 Å². The monoisotopic (exact) mass is 664 g/mol. The van der Waals surface area contributed by atoms with E-state index in [9.17, 15) is 0 Å². The van der Waals surface area contributed by atoms with Gasteiger partial charge in [0.25, 0.3) is 0 Å². The normalized spacial score (nSPS) is 11.9. The van der Waals surface area contributed by atoms with Crippen molar-refractivity contribution in [1.29, 1.82) is 0 Å². The van der Waals surface area contributed by atoms with Gasteiger partial charge in [0.1, 0.15) is 0 Å². The van der Waals surface area contributed by atoms with Gasteiger partial charge in [0.05, 0.1) is 152 Å². The molecular formula is C32H60O12Si. The molecule has 0 saturated heterocycles. The van der Waals surface area contributed by atoms with Crippen LogP contribution in [0.4, 0.5) is 0 Å². The summed E-state index contributed by atoms with van der Waals surface area (Å²) in [5, 5.41) is 0. The van der Waals surface area contributed by atoms with Crippen LogP contribution in [0.1, 0.15) is 5.56 Å². The number of benzene rings is 1. The van der Waals surface area contributed by atoms with Crippen molar-refractivity contribution in [3.05, 3.63) is 35.9 Å². The van der Waals surface area contributed by atoms with Crippen LogP contribution in [0.25, 0.3) is 0 Å². The van der Waals surface area contributed by atoms with E-state index in [1.807, 2.05) is 30.3 Å². The molecule has 0 heterocycles. The van der Waals surface area contributed by atoms with Gasteiger partial charge in [-0.1, -0.05) is 30.3 Å². The van der Waals surface area contributed by atoms with Gasteiger partial charge in [-0.25, -0.2) is 0 Å². The molecule has 1 rings (SSSR count). The van der Waals surface area contributed by atoms with Gasteiger partial charge >= 0.3 is 0 Å². The Hall–Kier alpha value is -1.04. The fourth-order valence-corrected chi connectivity index (χ4v) is 4.07. The van der Waals surface area contributed by atoms with Gasteiger partial charge in [-0.15, -0.1) is 0 Å². The topological polar surface area (TPSA) is 111 Å². The zero-order chi connectivity index (χ0) is 32.4. The second kappa shape index (κ2) is 32.9. The molecule has 1 aromatic rings. The summed E-state index contributed by atoms with van der Waals surface area (Å²) in [4.78, 5) is 0. The molecule has 0 N–H and O–H groups in total. The highest BCUT2D eigenvalue weighted by atomic mass is 28.4. The maximum atomic E-state index is 5.72. The minimum absolute atomic E-state index is 0.516. The number of hydrogen-bond acceptors (Lipinski definition) is 12. The summed E-state index contributed by atoms with van der Waals surface area (Å²) in [6.45, 7) is 19.0. The highest BCUT2D eigenvalue weighted by molar-refractivity contribution is 6.69. The molecule has 12 nitrogen and oxygen atoms in total. The summed E-state index contributed by atoms with van der Waals surface area (Å²) < 4.78 is 66.1. The average Bonchev–Trinajstić information content (AvgIpc) is 3.03. The molecule has 0 aromatic heterocycles. The van der Waals surface area contributed by atoms with Gasteiger partial charge in [0, 0.05) is 0 Å². The molecule has 0 saturated carbocycles. The molecule has 0 fully saturated rings. The number of rotatable bonds is 36. The summed E-state index contributed by atoms with van der Waals surface area (Å²) in [5.74, 6) is 0. The fourth-order valence-electron chi connectivity index (χ4n) is 3.37. The molecule has 0 aliphatic rings. The molecule has 0 aliphatic heterocycles. The summed E-state index contributed by atoms with van der Waals surface area (Å²) in [6, 6.07) is 10.1. The predicted molar refractivity (Wildman–Crippen MR) is 174 cm³/mol. The minimum atomic E-state index is -1.45. The Morgan fingerprint density at radius 3 is 0.844 bits per heavy atom. The van der Waals surface area contributed by atoms with Crippen molar-refractivity contribution < 1.29 is 56.5 Å². The second-order valence-corrected chi connectivity index (χ2v) is 15.1. The number of ether oxygens (including phenoxy) is 11. The molecule has 264 valence electrons. The van der Waals surface area contributed by atoms with Crippen LogP contribution in [0.3, 0.4) is 0 Å². The van der Waals surface area contributed by atoms with E-state index in [2.05, 4.69) is 19.6 Å². The smallest absolute Gasteiger partial charge is 0.183 e. The lowest BCUT2D eigenvalue weighted by Gasteiger charge is -2.16. The predicted octanol–water partition coefficient (Wildman–Crippen LogP) is 3.22. The average molecular weight is 665 g/mol. The first-order valence-electron chi connectivity index (χ1n) is 16.1. The van der Waals surface area contributed by atoms with Crippen molar-refractivity contribution in [3.63, 3.8) is 0 Å². The molecule has 0 amide bonds. The molecule has 0 aliphatic carbocycles. The first-order valence-corrected chi connectivity index (χ1v) is 19.5. The maximum absolute atomic E-state index is 5.72. The zero-order valence-electron chi connectivity index (χ0n) is 28.0. The molecular weight excluding hydrogens is 604 g/mol. The van der Waals surface area contributed by atoms with Crippen LogP contribution in [0, 0.1) is 0 Å². The summed E-state index contributed by atoms with van der Waals surface area (Å²) in [7, 11) is -1.45. The molecule has 13 heteroatoms. The summed E-state index contributed by atoms with van der Waals surface area (Å²) in [5.41, 5.74) is 1.16. The zero-order valence-corrected chi connectivity index (χ0v) is 29.0. The van der Waals surface area contributed by atoms with Gasteiger partial charge in [-0.05, 0) is 25.2 Å². The van der Waals surface area contributed by atoms with Crippen molar-refractivity contribution in [2.75, 3.05) is 145 Å². The molecule has 0 radical (unpaired) electrons. The Kier molecular flexibility index (Phi) is 30.7. The van der Waals surface area contributed by atoms with E-state index >= 15 is 0 Å². The van der Waals surface area contributed by atoms with Gasteiger partial charge in [-0.2, -0.15) is 0 Å². The van der Waals surface area contributed by atoms with Crippen molar-refractivity contribution in [1.82, 2.24) is 0 Å². The minimum Gasteiger partial charge on any atom is -0.415 e. The second-order valence-electron chi connectivity index (χ2n) is 10.6. The summed E-state index contributed by atoms with van der Waals surface area (Å²) >= 11 is 0. The first-order chi connectivity index (χ1) is 22.1. The lowest BCUT2D eigenvalue weighted by atomic mass is 10.2. The third-order valence-corrected chi connectivity index (χ3v) is 6.66. The molecule has 0 bridgehead atoms. The van der Waals surface area contributed by atoms with Crippen molar-refractivity contribution >= 4 is 8.32 Å². The quantitative estimate of drug-likeness (QED) is 0.0776. The van der Waals surface area contributed by atoms with E-state index in [-0.39, 0.29) is 0 Å². The Labute approximate surface area is 272 Å². The highest BCUT2D eigenvalue weighted by Gasteiger charge is 2.13. The van der Waals surface area contributed by atoms with Gasteiger partial charge in [-0.3, -0.25) is 0 Å². The molecule has 0 unspecified atom stereocenters. The molecule has 0 spiro atoms. The Morgan fingerprint density at radius 1 is 0.333 bits per heavy atom. The standard InChI is InChI=1S/C32H60O12Si/c1-45(2,3)44-30-29-42-26-25-40-22-21-38-18-17-36-14-13-34-10-9-33-11-12-35-15-16-37-19-20-39-23-24-41-27-28-43-31-32-7-5-4-6-8-32/h4-8H,9-31H2,1-3H3. The van der Waals surface area contributed by atoms with Crippen molar-refractivity contribution in [2.24, 2.45) is 0 Å². The van der Waals surface area contributed by atoms with Crippen LogP contribution < -0.4 is 0 Å². The van der Waals surface area contributed by atoms with Crippen LogP contribution in [-0.4, -0.2) is 154 Å². The first kappa shape index (κ1) is 42.0. The van der Waals surface area contributed by atoms with E-state index in [0.717, 1.165) is 5.56 Å². The highest BCUT2D eigenvalue weighted by Crippen LogP contribution is 2.01. The maximum Gasteiger partial charge on any atom is 0.183 e. The molecule has 1 aromatic carbocycles. The van der Waals surface area contributed by atoms with Crippen LogP contribution in [0.15, 0.2) is 30.3 Å². The Balaban J connectivity index is 1.62. The van der Waals surface area contributed by atoms with Crippen molar-refractivity contribution in [2.45, 2.75) is 26.2 Å². The van der Waals surface area contributed by atoms with Gasteiger partial charge < -0.3 is 56.5 Å². The van der Waals surface area contributed by atoms with E-state index in [1.165, 1.54) is 0 Å². The Bertz CT molecular complexity index is 711. The fraction of sp³-hybridized carbons (Fsp3) is 0.812. The summed E-state index contributed by atoms with van der Waals surface area (Å²) in [6.07, 6.45) is 0. The van der Waals surface area contributed by atoms with E-state index < -0.39 is 8.32 Å². The lowest BCUT2D eigenvalue weighted by molar-refractivity contribution is -0.0279. The van der Waals surface area contributed by atoms with Crippen molar-refractivity contribution in [3.8, 4) is 0 Å². The van der Waals surface area contributed by atoms with Crippen LogP contribution >= 0.6 is 0 Å². The SMILES string of the molecule is C[Si](C)(C)OCCOCCOCCOCCOCCOCCOCCOCCOCCOCCOCCOCc1ccccc1. The van der Waals surface area contributed by atoms with Crippen LogP contribution in [-0.2, 0) is 63.1 Å². The Morgan fingerprint density at radius 2 is 0.578 bits per heavy atom. The largest absolute Gasteiger partial charge is 0.415 e. The molecule has 45 heavy (non-hydrogen) atoms. The van der Waals surface area contributed by atoms with E-state index in [1.54, 1.807) is 0 Å². The third kappa shape index (κ3) is 34.1.